The zero-order chi connectivity index (χ0) is 14.8. The lowest BCUT2D eigenvalue weighted by molar-refractivity contribution is -0.131. The Morgan fingerprint density at radius 3 is 2.55 bits per heavy atom. The van der Waals surface area contributed by atoms with Gasteiger partial charge in [-0.2, -0.15) is 0 Å². The Morgan fingerprint density at radius 1 is 1.30 bits per heavy atom. The highest BCUT2D eigenvalue weighted by atomic mass is 16.2. The monoisotopic (exact) mass is 277 g/mol. The highest BCUT2D eigenvalue weighted by Gasteiger charge is 2.46. The molecule has 108 valence electrons. The van der Waals surface area contributed by atoms with Crippen LogP contribution in [0.15, 0.2) is 12.4 Å². The third kappa shape index (κ3) is 2.56. The molecule has 2 heterocycles. The van der Waals surface area contributed by atoms with Crippen molar-refractivity contribution in [1.29, 1.82) is 0 Å². The third-order valence-corrected chi connectivity index (χ3v) is 3.44. The Labute approximate surface area is 117 Å². The summed E-state index contributed by atoms with van der Waals surface area (Å²) < 4.78 is 0. The molecular formula is C13H19N5O2. The van der Waals surface area contributed by atoms with Crippen LogP contribution >= 0.6 is 0 Å². The molecule has 0 radical (unpaired) electrons. The zero-order valence-corrected chi connectivity index (χ0v) is 11.9. The molecule has 0 aliphatic carbocycles. The molecule has 0 bridgehead atoms. The minimum absolute atomic E-state index is 0.139. The maximum atomic E-state index is 12.2. The van der Waals surface area contributed by atoms with E-state index < -0.39 is 5.54 Å². The summed E-state index contributed by atoms with van der Waals surface area (Å²) in [5.74, 6) is 0.453. The maximum Gasteiger partial charge on any atom is 0.325 e. The highest BCUT2D eigenvalue weighted by Crippen LogP contribution is 2.22. The molecular weight excluding hydrogens is 258 g/mol. The van der Waals surface area contributed by atoms with Crippen molar-refractivity contribution in [2.75, 3.05) is 11.9 Å². The quantitative estimate of drug-likeness (QED) is 0.788. The summed E-state index contributed by atoms with van der Waals surface area (Å²) in [6, 6.07) is -0.378. The summed E-state index contributed by atoms with van der Waals surface area (Å²) >= 11 is 0. The van der Waals surface area contributed by atoms with Crippen LogP contribution in [0.3, 0.4) is 0 Å². The molecule has 1 unspecified atom stereocenters. The molecule has 0 aromatic carbocycles. The summed E-state index contributed by atoms with van der Waals surface area (Å²) in [5, 5.41) is 5.74. The molecule has 7 nitrogen and oxygen atoms in total. The fraction of sp³-hybridized carbons (Fsp3) is 0.538. The molecule has 0 spiro atoms. The summed E-state index contributed by atoms with van der Waals surface area (Å²) in [4.78, 5) is 33.7. The number of imide groups is 1. The first kappa shape index (κ1) is 14.2. The van der Waals surface area contributed by atoms with Gasteiger partial charge in [-0.1, -0.05) is 6.92 Å². The number of amides is 3. The van der Waals surface area contributed by atoms with Gasteiger partial charge < -0.3 is 10.6 Å². The average Bonchev–Trinajstić information content (AvgIpc) is 2.65. The molecule has 0 saturated carbocycles. The first-order valence-corrected chi connectivity index (χ1v) is 6.69. The number of carbonyl (C=O) groups is 2. The number of hydrogen-bond donors (Lipinski definition) is 2. The fourth-order valence-electron chi connectivity index (χ4n) is 2.00. The van der Waals surface area contributed by atoms with Crippen molar-refractivity contribution in [2.24, 2.45) is 0 Å². The number of anilines is 1. The lowest BCUT2D eigenvalue weighted by atomic mass is 9.99. The van der Waals surface area contributed by atoms with Gasteiger partial charge in [0.05, 0.1) is 24.6 Å². The molecule has 1 aromatic rings. The number of rotatable bonds is 5. The molecule has 1 aliphatic heterocycles. The summed E-state index contributed by atoms with van der Waals surface area (Å²) in [5.41, 5.74) is -0.232. The van der Waals surface area contributed by atoms with Crippen LogP contribution in [-0.4, -0.2) is 38.9 Å². The van der Waals surface area contributed by atoms with Gasteiger partial charge >= 0.3 is 6.03 Å². The minimum Gasteiger partial charge on any atom is -0.369 e. The van der Waals surface area contributed by atoms with Crippen LogP contribution in [0.1, 0.15) is 32.9 Å². The van der Waals surface area contributed by atoms with Gasteiger partial charge in [0.2, 0.25) is 0 Å². The Balaban J connectivity index is 2.10. The van der Waals surface area contributed by atoms with Gasteiger partial charge in [-0.05, 0) is 20.3 Å². The molecule has 7 heteroatoms. The van der Waals surface area contributed by atoms with E-state index in [1.807, 2.05) is 13.8 Å². The number of aromatic nitrogens is 2. The van der Waals surface area contributed by atoms with Gasteiger partial charge in [0, 0.05) is 6.54 Å². The SMILES string of the molecule is CCNc1cnc(CN2C(=O)NC(C)(CC)C2=O)cn1. The van der Waals surface area contributed by atoms with Crippen molar-refractivity contribution in [3.8, 4) is 0 Å². The second kappa shape index (κ2) is 5.44. The van der Waals surface area contributed by atoms with Crippen molar-refractivity contribution in [2.45, 2.75) is 39.3 Å². The normalized spacial score (nSPS) is 22.1. The van der Waals surface area contributed by atoms with Crippen molar-refractivity contribution < 1.29 is 9.59 Å². The van der Waals surface area contributed by atoms with E-state index in [4.69, 9.17) is 0 Å². The van der Waals surface area contributed by atoms with E-state index in [0.29, 0.717) is 17.9 Å². The average molecular weight is 277 g/mol. The van der Waals surface area contributed by atoms with E-state index in [0.717, 1.165) is 6.54 Å². The Morgan fingerprint density at radius 2 is 2.05 bits per heavy atom. The minimum atomic E-state index is -0.811. The van der Waals surface area contributed by atoms with Gasteiger partial charge in [0.1, 0.15) is 11.4 Å². The number of carbonyl (C=O) groups excluding carboxylic acids is 2. The standard InChI is InChI=1S/C13H19N5O2/c1-4-13(3)11(19)18(12(20)17-13)8-9-6-16-10(7-15-9)14-5-2/h6-7H,4-5,8H2,1-3H3,(H,14,16)(H,17,20). The molecule has 1 saturated heterocycles. The molecule has 1 aliphatic rings. The molecule has 20 heavy (non-hydrogen) atoms. The third-order valence-electron chi connectivity index (χ3n) is 3.44. The first-order chi connectivity index (χ1) is 9.50. The van der Waals surface area contributed by atoms with Crippen LogP contribution in [0.5, 0.6) is 0 Å². The molecule has 1 atom stereocenters. The lowest BCUT2D eigenvalue weighted by Gasteiger charge is -2.19. The Hall–Kier alpha value is -2.18. The molecule has 2 rings (SSSR count). The highest BCUT2D eigenvalue weighted by molar-refractivity contribution is 6.06. The molecule has 2 N–H and O–H groups in total. The van der Waals surface area contributed by atoms with Crippen LogP contribution in [0, 0.1) is 0 Å². The van der Waals surface area contributed by atoms with Crippen molar-refractivity contribution in [1.82, 2.24) is 20.2 Å². The predicted molar refractivity (Wildman–Crippen MR) is 74.0 cm³/mol. The summed E-state index contributed by atoms with van der Waals surface area (Å²) in [6.07, 6.45) is 3.72. The van der Waals surface area contributed by atoms with Gasteiger partial charge in [-0.3, -0.25) is 14.7 Å². The number of nitrogens with one attached hydrogen (secondary N) is 2. The molecule has 1 fully saturated rings. The van der Waals surface area contributed by atoms with E-state index >= 15 is 0 Å². The van der Waals surface area contributed by atoms with Crippen LogP contribution in [0.2, 0.25) is 0 Å². The van der Waals surface area contributed by atoms with Crippen molar-refractivity contribution in [3.63, 3.8) is 0 Å². The Kier molecular flexibility index (Phi) is 3.87. The van der Waals surface area contributed by atoms with Gasteiger partial charge in [-0.25, -0.2) is 9.78 Å². The van der Waals surface area contributed by atoms with Crippen LogP contribution in [0.4, 0.5) is 10.6 Å². The molecule has 3 amide bonds. The summed E-state index contributed by atoms with van der Waals surface area (Å²) in [6.45, 7) is 6.46. The predicted octanol–water partition coefficient (Wildman–Crippen LogP) is 1.13. The maximum absolute atomic E-state index is 12.2. The molecule has 1 aromatic heterocycles. The van der Waals surface area contributed by atoms with Crippen LogP contribution < -0.4 is 10.6 Å². The van der Waals surface area contributed by atoms with Gasteiger partial charge in [-0.15, -0.1) is 0 Å². The zero-order valence-electron chi connectivity index (χ0n) is 11.9. The Bertz CT molecular complexity index is 516. The fourth-order valence-corrected chi connectivity index (χ4v) is 2.00. The number of urea groups is 1. The number of nitrogens with zero attached hydrogens (tertiary/aromatic N) is 3. The van der Waals surface area contributed by atoms with Gasteiger partial charge in [0.15, 0.2) is 0 Å². The van der Waals surface area contributed by atoms with Crippen molar-refractivity contribution in [3.05, 3.63) is 18.1 Å². The number of hydrogen-bond acceptors (Lipinski definition) is 5. The topological polar surface area (TPSA) is 87.2 Å². The largest absolute Gasteiger partial charge is 0.369 e. The first-order valence-electron chi connectivity index (χ1n) is 6.69. The van der Waals surface area contributed by atoms with E-state index in [-0.39, 0.29) is 18.5 Å². The second-order valence-electron chi connectivity index (χ2n) is 4.93. The van der Waals surface area contributed by atoms with E-state index in [2.05, 4.69) is 20.6 Å². The smallest absolute Gasteiger partial charge is 0.325 e. The van der Waals surface area contributed by atoms with Crippen molar-refractivity contribution >= 4 is 17.8 Å². The van der Waals surface area contributed by atoms with E-state index in [1.54, 1.807) is 19.3 Å². The summed E-state index contributed by atoms with van der Waals surface area (Å²) in [7, 11) is 0. The van der Waals surface area contributed by atoms with E-state index in [1.165, 1.54) is 4.90 Å². The van der Waals surface area contributed by atoms with Crippen LogP contribution in [0.25, 0.3) is 0 Å². The van der Waals surface area contributed by atoms with E-state index in [9.17, 15) is 9.59 Å². The lowest BCUT2D eigenvalue weighted by Crippen LogP contribution is -2.43. The van der Waals surface area contributed by atoms with Gasteiger partial charge in [0.25, 0.3) is 5.91 Å². The van der Waals surface area contributed by atoms with Crippen LogP contribution in [-0.2, 0) is 11.3 Å². The second-order valence-corrected chi connectivity index (χ2v) is 4.93.